The molecular weight excluding hydrogens is 273 g/mol. The molecule has 0 amide bonds. The van der Waals surface area contributed by atoms with Crippen LogP contribution in [0.5, 0.6) is 11.5 Å². The van der Waals surface area contributed by atoms with Crippen molar-refractivity contribution in [3.05, 3.63) is 48.5 Å². The molecule has 0 aliphatic heterocycles. The van der Waals surface area contributed by atoms with Gasteiger partial charge in [-0.3, -0.25) is 0 Å². The SMILES string of the molecule is OB(O)c1cccc(O[B]Oc2cccc(B(O)O)c2)c1. The van der Waals surface area contributed by atoms with Gasteiger partial charge in [-0.25, -0.2) is 0 Å². The van der Waals surface area contributed by atoms with Gasteiger partial charge >= 0.3 is 21.9 Å². The van der Waals surface area contributed by atoms with Crippen LogP contribution in [0.3, 0.4) is 0 Å². The van der Waals surface area contributed by atoms with Crippen LogP contribution in [0.4, 0.5) is 0 Å². The van der Waals surface area contributed by atoms with Crippen molar-refractivity contribution in [3.63, 3.8) is 0 Å². The monoisotopic (exact) mass is 285 g/mol. The van der Waals surface area contributed by atoms with E-state index in [-0.39, 0.29) is 0 Å². The molecule has 0 aliphatic carbocycles. The minimum Gasteiger partial charge on any atom is -0.526 e. The molecule has 2 aromatic carbocycles. The van der Waals surface area contributed by atoms with Crippen LogP contribution < -0.4 is 20.2 Å². The molecule has 0 saturated carbocycles. The molecule has 0 spiro atoms. The second-order valence-electron chi connectivity index (χ2n) is 4.22. The summed E-state index contributed by atoms with van der Waals surface area (Å²) < 4.78 is 10.4. The van der Waals surface area contributed by atoms with E-state index in [0.29, 0.717) is 22.4 Å². The maximum atomic E-state index is 9.05. The van der Waals surface area contributed by atoms with Gasteiger partial charge in [0.25, 0.3) is 0 Å². The van der Waals surface area contributed by atoms with Crippen molar-refractivity contribution in [2.45, 2.75) is 0 Å². The van der Waals surface area contributed by atoms with Crippen LogP contribution in [-0.2, 0) is 0 Å². The lowest BCUT2D eigenvalue weighted by molar-refractivity contribution is 0.424. The summed E-state index contributed by atoms with van der Waals surface area (Å²) in [5.41, 5.74) is 0.595. The first-order valence-corrected chi connectivity index (χ1v) is 6.13. The Morgan fingerprint density at radius 1 is 0.714 bits per heavy atom. The van der Waals surface area contributed by atoms with E-state index < -0.39 is 14.2 Å². The zero-order valence-corrected chi connectivity index (χ0v) is 11.0. The number of benzene rings is 2. The quantitative estimate of drug-likeness (QED) is 0.460. The highest BCUT2D eigenvalue weighted by molar-refractivity contribution is 6.59. The molecule has 2 aromatic rings. The fourth-order valence-electron chi connectivity index (χ4n) is 1.63. The molecule has 105 valence electrons. The predicted molar refractivity (Wildman–Crippen MR) is 79.5 cm³/mol. The molecule has 9 heteroatoms. The van der Waals surface area contributed by atoms with Gasteiger partial charge in [-0.1, -0.05) is 24.3 Å². The first-order valence-electron chi connectivity index (χ1n) is 6.13. The van der Waals surface area contributed by atoms with Gasteiger partial charge in [0.2, 0.25) is 0 Å². The fraction of sp³-hybridized carbons (Fsp3) is 0. The third kappa shape index (κ3) is 4.54. The van der Waals surface area contributed by atoms with Crippen molar-refractivity contribution < 1.29 is 29.4 Å². The topological polar surface area (TPSA) is 99.4 Å². The first-order chi connectivity index (χ1) is 10.1. The second-order valence-corrected chi connectivity index (χ2v) is 4.22. The summed E-state index contributed by atoms with van der Waals surface area (Å²) >= 11 is 0. The molecular formula is C12H12B3O6. The van der Waals surface area contributed by atoms with Crippen molar-refractivity contribution >= 4 is 32.8 Å². The van der Waals surface area contributed by atoms with Crippen molar-refractivity contribution in [1.82, 2.24) is 0 Å². The molecule has 0 unspecified atom stereocenters. The molecule has 0 aliphatic rings. The second kappa shape index (κ2) is 7.19. The van der Waals surface area contributed by atoms with Crippen molar-refractivity contribution in [2.75, 3.05) is 0 Å². The largest absolute Gasteiger partial charge is 0.658 e. The van der Waals surface area contributed by atoms with E-state index in [0.717, 1.165) is 7.69 Å². The Labute approximate surface area is 123 Å². The Morgan fingerprint density at radius 3 is 1.52 bits per heavy atom. The van der Waals surface area contributed by atoms with E-state index in [4.69, 9.17) is 29.4 Å². The van der Waals surface area contributed by atoms with E-state index in [9.17, 15) is 0 Å². The Bertz CT molecular complexity index is 541. The number of hydrogen-bond donors (Lipinski definition) is 4. The smallest absolute Gasteiger partial charge is 0.526 e. The van der Waals surface area contributed by atoms with Gasteiger partial charge in [0.1, 0.15) is 11.5 Å². The highest BCUT2D eigenvalue weighted by atomic mass is 16.6. The van der Waals surface area contributed by atoms with Gasteiger partial charge in [-0.2, -0.15) is 0 Å². The average Bonchev–Trinajstić information content (AvgIpc) is 2.48. The fourth-order valence-corrected chi connectivity index (χ4v) is 1.63. The van der Waals surface area contributed by atoms with Gasteiger partial charge in [-0.15, -0.1) is 0 Å². The highest BCUT2D eigenvalue weighted by Gasteiger charge is 2.13. The van der Waals surface area contributed by atoms with Gasteiger partial charge in [0.15, 0.2) is 0 Å². The summed E-state index contributed by atoms with van der Waals surface area (Å²) in [5, 5.41) is 36.2. The average molecular weight is 285 g/mol. The summed E-state index contributed by atoms with van der Waals surface area (Å²) in [6.45, 7) is 0. The van der Waals surface area contributed by atoms with Crippen molar-refractivity contribution in [2.24, 2.45) is 0 Å². The maximum absolute atomic E-state index is 9.05. The molecule has 1 radical (unpaired) electrons. The van der Waals surface area contributed by atoms with Gasteiger partial charge < -0.3 is 29.4 Å². The highest BCUT2D eigenvalue weighted by Crippen LogP contribution is 2.10. The van der Waals surface area contributed by atoms with Crippen molar-refractivity contribution in [3.8, 4) is 11.5 Å². The summed E-state index contributed by atoms with van der Waals surface area (Å²) in [6.07, 6.45) is 0. The summed E-state index contributed by atoms with van der Waals surface area (Å²) in [6, 6.07) is 12.5. The van der Waals surface area contributed by atoms with Crippen LogP contribution in [0.15, 0.2) is 48.5 Å². The third-order valence-corrected chi connectivity index (χ3v) is 2.68. The normalized spacial score (nSPS) is 9.90. The number of rotatable bonds is 6. The molecule has 4 N–H and O–H groups in total. The molecule has 0 saturated heterocycles. The third-order valence-electron chi connectivity index (χ3n) is 2.68. The standard InChI is InChI=1S/C12H12B3O6/c16-14(17)9-3-1-5-11(7-9)20-13-21-12-6-2-4-10(8-12)15(18)19/h1-8,16-19H. The van der Waals surface area contributed by atoms with Gasteiger partial charge in [0, 0.05) is 0 Å². The van der Waals surface area contributed by atoms with E-state index in [1.165, 1.54) is 12.1 Å². The Morgan fingerprint density at radius 2 is 1.14 bits per heavy atom. The van der Waals surface area contributed by atoms with E-state index >= 15 is 0 Å². The van der Waals surface area contributed by atoms with Crippen LogP contribution in [0.1, 0.15) is 0 Å². The van der Waals surface area contributed by atoms with Crippen LogP contribution in [0.25, 0.3) is 0 Å². The minimum atomic E-state index is -1.57. The lowest BCUT2D eigenvalue weighted by Crippen LogP contribution is -2.30. The van der Waals surface area contributed by atoms with E-state index in [1.807, 2.05) is 0 Å². The van der Waals surface area contributed by atoms with Crippen LogP contribution in [0.2, 0.25) is 0 Å². The Hall–Kier alpha value is -1.93. The molecule has 0 aromatic heterocycles. The summed E-state index contributed by atoms with van der Waals surface area (Å²) in [5.74, 6) is 0.748. The predicted octanol–water partition coefficient (Wildman–Crippen LogP) is -1.96. The van der Waals surface area contributed by atoms with Crippen LogP contribution >= 0.6 is 0 Å². The maximum Gasteiger partial charge on any atom is 0.658 e. The Balaban J connectivity index is 1.92. The van der Waals surface area contributed by atoms with Gasteiger partial charge in [-0.05, 0) is 35.2 Å². The minimum absolute atomic E-state index is 0.298. The summed E-state index contributed by atoms with van der Waals surface area (Å²) in [4.78, 5) is 0. The Kier molecular flexibility index (Phi) is 5.29. The summed E-state index contributed by atoms with van der Waals surface area (Å²) in [7, 11) is -2.08. The molecule has 0 fully saturated rings. The van der Waals surface area contributed by atoms with Crippen LogP contribution in [-0.4, -0.2) is 42.0 Å². The number of hydrogen-bond acceptors (Lipinski definition) is 6. The molecule has 6 nitrogen and oxygen atoms in total. The first kappa shape index (κ1) is 15.5. The zero-order chi connectivity index (χ0) is 15.2. The van der Waals surface area contributed by atoms with E-state index in [2.05, 4.69) is 0 Å². The van der Waals surface area contributed by atoms with Gasteiger partial charge in [0.05, 0.1) is 0 Å². The zero-order valence-electron chi connectivity index (χ0n) is 11.0. The molecule has 0 atom stereocenters. The molecule has 2 rings (SSSR count). The lowest BCUT2D eigenvalue weighted by atomic mass is 9.80. The molecule has 0 heterocycles. The van der Waals surface area contributed by atoms with Crippen molar-refractivity contribution in [1.29, 1.82) is 0 Å². The van der Waals surface area contributed by atoms with Crippen LogP contribution in [0, 0.1) is 0 Å². The molecule has 21 heavy (non-hydrogen) atoms. The van der Waals surface area contributed by atoms with E-state index in [1.54, 1.807) is 36.4 Å². The lowest BCUT2D eigenvalue weighted by Gasteiger charge is -2.09. The molecule has 0 bridgehead atoms.